The van der Waals surface area contributed by atoms with E-state index in [1.807, 2.05) is 36.4 Å². The Bertz CT molecular complexity index is 748. The van der Waals surface area contributed by atoms with Crippen molar-refractivity contribution >= 4 is 0 Å². The second-order valence-corrected chi connectivity index (χ2v) is 6.98. The van der Waals surface area contributed by atoms with E-state index in [1.165, 1.54) is 12.8 Å². The molecule has 122 valence electrons. The second kappa shape index (κ2) is 6.30. The van der Waals surface area contributed by atoms with Crippen LogP contribution in [0.4, 0.5) is 0 Å². The number of benzene rings is 2. The molecule has 0 saturated carbocycles. The van der Waals surface area contributed by atoms with Crippen LogP contribution in [0.3, 0.4) is 0 Å². The van der Waals surface area contributed by atoms with E-state index in [9.17, 15) is 0 Å². The zero-order valence-corrected chi connectivity index (χ0v) is 14.0. The lowest BCUT2D eigenvalue weighted by Crippen LogP contribution is -2.43. The molecule has 2 heterocycles. The van der Waals surface area contributed by atoms with Gasteiger partial charge in [-0.05, 0) is 68.1 Å². The van der Waals surface area contributed by atoms with Crippen molar-refractivity contribution in [3.63, 3.8) is 0 Å². The number of hydrogen-bond donors (Lipinski definition) is 0. The summed E-state index contributed by atoms with van der Waals surface area (Å²) in [6.07, 6.45) is 5.22. The standard InChI is InChI=1S/C21H22N2O/c1-23-18-9-10-19(23)13-21(12-18)24-20-4-2-3-17(11-20)16-7-5-15(14-22)6-8-16/h2-8,11,18-19,21H,9-10,12-13H2,1H3/t18-,19+,21?. The Morgan fingerprint density at radius 2 is 1.71 bits per heavy atom. The Labute approximate surface area is 143 Å². The molecule has 0 aliphatic carbocycles. The molecule has 0 amide bonds. The highest BCUT2D eigenvalue weighted by Crippen LogP contribution is 2.36. The fourth-order valence-corrected chi connectivity index (χ4v) is 4.14. The van der Waals surface area contributed by atoms with E-state index in [2.05, 4.69) is 30.1 Å². The van der Waals surface area contributed by atoms with Gasteiger partial charge in [0.2, 0.25) is 0 Å². The van der Waals surface area contributed by atoms with E-state index >= 15 is 0 Å². The van der Waals surface area contributed by atoms with Crippen molar-refractivity contribution < 1.29 is 4.74 Å². The summed E-state index contributed by atoms with van der Waals surface area (Å²) in [6.45, 7) is 0. The predicted molar refractivity (Wildman–Crippen MR) is 94.8 cm³/mol. The second-order valence-electron chi connectivity index (χ2n) is 6.98. The Balaban J connectivity index is 1.50. The molecule has 2 saturated heterocycles. The molecule has 0 radical (unpaired) electrons. The van der Waals surface area contributed by atoms with Crippen molar-refractivity contribution in [1.82, 2.24) is 4.90 Å². The minimum atomic E-state index is 0.329. The summed E-state index contributed by atoms with van der Waals surface area (Å²) in [4.78, 5) is 2.53. The first-order valence-corrected chi connectivity index (χ1v) is 8.72. The molecule has 0 aromatic heterocycles. The lowest BCUT2D eigenvalue weighted by atomic mass is 10.00. The normalized spacial score (nSPS) is 26.1. The van der Waals surface area contributed by atoms with E-state index in [4.69, 9.17) is 10.00 Å². The molecule has 0 spiro atoms. The first-order valence-electron chi connectivity index (χ1n) is 8.72. The third-order valence-electron chi connectivity index (χ3n) is 5.54. The molecule has 24 heavy (non-hydrogen) atoms. The van der Waals surface area contributed by atoms with E-state index in [-0.39, 0.29) is 0 Å². The molecule has 3 heteroatoms. The van der Waals surface area contributed by atoms with Gasteiger partial charge in [-0.3, -0.25) is 0 Å². The van der Waals surface area contributed by atoms with Crippen molar-refractivity contribution in [3.8, 4) is 22.9 Å². The Morgan fingerprint density at radius 1 is 1.00 bits per heavy atom. The van der Waals surface area contributed by atoms with Gasteiger partial charge in [0.05, 0.1) is 11.6 Å². The van der Waals surface area contributed by atoms with Crippen LogP contribution in [0.5, 0.6) is 5.75 Å². The van der Waals surface area contributed by atoms with Crippen LogP contribution in [0, 0.1) is 11.3 Å². The van der Waals surface area contributed by atoms with Gasteiger partial charge in [0, 0.05) is 12.1 Å². The molecule has 3 atom stereocenters. The summed E-state index contributed by atoms with van der Waals surface area (Å²) >= 11 is 0. The topological polar surface area (TPSA) is 36.3 Å². The number of hydrogen-bond acceptors (Lipinski definition) is 3. The lowest BCUT2D eigenvalue weighted by Gasteiger charge is -2.36. The molecule has 1 unspecified atom stereocenters. The van der Waals surface area contributed by atoms with Gasteiger partial charge in [0.1, 0.15) is 11.9 Å². The Morgan fingerprint density at radius 3 is 2.38 bits per heavy atom. The lowest BCUT2D eigenvalue weighted by molar-refractivity contribution is 0.0662. The summed E-state index contributed by atoms with van der Waals surface area (Å²) in [7, 11) is 2.25. The number of piperidine rings is 1. The highest BCUT2D eigenvalue weighted by Gasteiger charge is 2.39. The number of fused-ring (bicyclic) bond motifs is 2. The molecule has 2 aliphatic heterocycles. The van der Waals surface area contributed by atoms with Gasteiger partial charge < -0.3 is 9.64 Å². The maximum Gasteiger partial charge on any atom is 0.120 e. The first kappa shape index (κ1) is 15.2. The molecule has 2 aromatic rings. The van der Waals surface area contributed by atoms with Gasteiger partial charge in [-0.25, -0.2) is 0 Å². The fourth-order valence-electron chi connectivity index (χ4n) is 4.14. The van der Waals surface area contributed by atoms with Gasteiger partial charge in [0.25, 0.3) is 0 Å². The van der Waals surface area contributed by atoms with Crippen LogP contribution in [0.2, 0.25) is 0 Å². The van der Waals surface area contributed by atoms with Crippen molar-refractivity contribution in [2.24, 2.45) is 0 Å². The van der Waals surface area contributed by atoms with Gasteiger partial charge in [-0.15, -0.1) is 0 Å². The molecule has 4 rings (SSSR count). The van der Waals surface area contributed by atoms with Crippen molar-refractivity contribution in [2.45, 2.75) is 43.9 Å². The minimum Gasteiger partial charge on any atom is -0.490 e. The summed E-state index contributed by atoms with van der Waals surface area (Å²) in [5.41, 5.74) is 2.93. The molecule has 2 bridgehead atoms. The van der Waals surface area contributed by atoms with Crippen molar-refractivity contribution in [1.29, 1.82) is 5.26 Å². The third-order valence-corrected chi connectivity index (χ3v) is 5.54. The van der Waals surface area contributed by atoms with Crippen LogP contribution in [-0.2, 0) is 0 Å². The Hall–Kier alpha value is -2.31. The zero-order valence-electron chi connectivity index (χ0n) is 14.0. The summed E-state index contributed by atoms with van der Waals surface area (Å²) in [5, 5.41) is 8.92. The Kier molecular flexibility index (Phi) is 4.00. The quantitative estimate of drug-likeness (QED) is 0.849. The van der Waals surface area contributed by atoms with Crippen LogP contribution in [0.25, 0.3) is 11.1 Å². The van der Waals surface area contributed by atoms with Crippen molar-refractivity contribution in [2.75, 3.05) is 7.05 Å². The maximum absolute atomic E-state index is 8.92. The predicted octanol–water partition coefficient (Wildman–Crippen LogP) is 4.23. The molecule has 3 nitrogen and oxygen atoms in total. The minimum absolute atomic E-state index is 0.329. The molecule has 2 aliphatic rings. The van der Waals surface area contributed by atoms with Gasteiger partial charge in [-0.1, -0.05) is 24.3 Å². The average Bonchev–Trinajstić information content (AvgIpc) is 2.83. The van der Waals surface area contributed by atoms with E-state index < -0.39 is 0 Å². The van der Waals surface area contributed by atoms with Crippen molar-refractivity contribution in [3.05, 3.63) is 54.1 Å². The van der Waals surface area contributed by atoms with Crippen LogP contribution in [0.15, 0.2) is 48.5 Å². The van der Waals surface area contributed by atoms with Gasteiger partial charge >= 0.3 is 0 Å². The summed E-state index contributed by atoms with van der Waals surface area (Å²) in [6, 6.07) is 19.5. The van der Waals surface area contributed by atoms with Crippen LogP contribution >= 0.6 is 0 Å². The monoisotopic (exact) mass is 318 g/mol. The molecule has 2 aromatic carbocycles. The zero-order chi connectivity index (χ0) is 16.5. The number of ether oxygens (including phenoxy) is 1. The highest BCUT2D eigenvalue weighted by atomic mass is 16.5. The molecular formula is C21H22N2O. The number of rotatable bonds is 3. The first-order chi connectivity index (χ1) is 11.7. The van der Waals surface area contributed by atoms with E-state index in [0.29, 0.717) is 23.8 Å². The number of nitriles is 1. The molecule has 0 N–H and O–H groups in total. The number of nitrogens with zero attached hydrogens (tertiary/aromatic N) is 2. The highest BCUT2D eigenvalue weighted by molar-refractivity contribution is 5.65. The van der Waals surface area contributed by atoms with Crippen LogP contribution in [0.1, 0.15) is 31.2 Å². The average molecular weight is 318 g/mol. The maximum atomic E-state index is 8.92. The fraction of sp³-hybridized carbons (Fsp3) is 0.381. The largest absolute Gasteiger partial charge is 0.490 e. The summed E-state index contributed by atoms with van der Waals surface area (Å²) in [5.74, 6) is 0.950. The smallest absolute Gasteiger partial charge is 0.120 e. The van der Waals surface area contributed by atoms with E-state index in [1.54, 1.807) is 0 Å². The van der Waals surface area contributed by atoms with Gasteiger partial charge in [0.15, 0.2) is 0 Å². The molecule has 2 fully saturated rings. The van der Waals surface area contributed by atoms with Gasteiger partial charge in [-0.2, -0.15) is 5.26 Å². The molecular weight excluding hydrogens is 296 g/mol. The summed E-state index contributed by atoms with van der Waals surface area (Å²) < 4.78 is 6.31. The van der Waals surface area contributed by atoms with Crippen LogP contribution < -0.4 is 4.74 Å². The third kappa shape index (κ3) is 2.90. The van der Waals surface area contributed by atoms with Crippen LogP contribution in [-0.4, -0.2) is 30.1 Å². The van der Waals surface area contributed by atoms with E-state index in [0.717, 1.165) is 29.7 Å². The SMILES string of the molecule is CN1[C@@H]2CC[C@H]1CC(Oc1cccc(-c3ccc(C#N)cc3)c1)C2.